The second-order valence-electron chi connectivity index (χ2n) is 3.39. The molecule has 99 valence electrons. The molecule has 0 saturated heterocycles. The number of carbonyl (C=O) groups excluding carboxylic acids is 1. The third-order valence-electron chi connectivity index (χ3n) is 2.08. The first-order valence-corrected chi connectivity index (χ1v) is 7.55. The Morgan fingerprint density at radius 1 is 1.41 bits per heavy atom. The third-order valence-corrected chi connectivity index (χ3v) is 3.79. The Morgan fingerprint density at radius 2 is 2.06 bits per heavy atom. The highest BCUT2D eigenvalue weighted by molar-refractivity contribution is 6.50. The highest BCUT2D eigenvalue weighted by Crippen LogP contribution is 2.02. The standard InChI is InChI=1S/C11H21O5Si/c1-5-10(12)15-7-6-8-17(4)16-9-11(13-2)14-3/h5,11H,1,6-9H2,2-4H3. The van der Waals surface area contributed by atoms with Crippen LogP contribution >= 0.6 is 0 Å². The van der Waals surface area contributed by atoms with E-state index in [1.54, 1.807) is 14.2 Å². The highest BCUT2D eigenvalue weighted by Gasteiger charge is 2.11. The number of hydrogen-bond acceptors (Lipinski definition) is 5. The van der Waals surface area contributed by atoms with Crippen LogP contribution in [0.5, 0.6) is 0 Å². The molecule has 0 fully saturated rings. The van der Waals surface area contributed by atoms with Gasteiger partial charge in [0.15, 0.2) is 6.29 Å². The van der Waals surface area contributed by atoms with E-state index in [4.69, 9.17) is 18.6 Å². The highest BCUT2D eigenvalue weighted by atomic mass is 28.3. The predicted octanol–water partition coefficient (Wildman–Crippen LogP) is 1.36. The molecule has 0 rings (SSSR count). The van der Waals surface area contributed by atoms with Crippen LogP contribution in [0.25, 0.3) is 0 Å². The smallest absolute Gasteiger partial charge is 0.330 e. The molecule has 6 heteroatoms. The van der Waals surface area contributed by atoms with Crippen LogP contribution in [0.1, 0.15) is 6.42 Å². The van der Waals surface area contributed by atoms with Crippen molar-refractivity contribution in [3.63, 3.8) is 0 Å². The van der Waals surface area contributed by atoms with Crippen LogP contribution in [0.15, 0.2) is 12.7 Å². The Bertz CT molecular complexity index is 218. The van der Waals surface area contributed by atoms with E-state index in [-0.39, 0.29) is 12.3 Å². The number of carbonyl (C=O) groups is 1. The average Bonchev–Trinajstić information content (AvgIpc) is 2.35. The monoisotopic (exact) mass is 261 g/mol. The summed E-state index contributed by atoms with van der Waals surface area (Å²) in [6.45, 7) is 6.23. The molecule has 0 N–H and O–H groups in total. The maximum Gasteiger partial charge on any atom is 0.330 e. The van der Waals surface area contributed by atoms with Crippen molar-refractivity contribution in [2.75, 3.05) is 27.4 Å². The van der Waals surface area contributed by atoms with E-state index in [1.165, 1.54) is 0 Å². The fourth-order valence-electron chi connectivity index (χ4n) is 1.07. The first-order chi connectivity index (χ1) is 8.13. The molecule has 0 aliphatic heterocycles. The summed E-state index contributed by atoms with van der Waals surface area (Å²) in [7, 11) is 2.27. The van der Waals surface area contributed by atoms with Gasteiger partial charge in [0, 0.05) is 20.3 Å². The molecule has 0 unspecified atom stereocenters. The van der Waals surface area contributed by atoms with Crippen molar-refractivity contribution in [1.82, 2.24) is 0 Å². The van der Waals surface area contributed by atoms with E-state index in [0.29, 0.717) is 13.2 Å². The molecule has 5 nitrogen and oxygen atoms in total. The molecule has 0 atom stereocenters. The van der Waals surface area contributed by atoms with Crippen molar-refractivity contribution in [3.8, 4) is 0 Å². The van der Waals surface area contributed by atoms with Gasteiger partial charge in [-0.25, -0.2) is 4.79 Å². The summed E-state index contributed by atoms with van der Waals surface area (Å²) in [4.78, 5) is 10.8. The maximum atomic E-state index is 10.8. The summed E-state index contributed by atoms with van der Waals surface area (Å²) in [5.74, 6) is -0.380. The van der Waals surface area contributed by atoms with Gasteiger partial charge < -0.3 is 18.6 Å². The predicted molar refractivity (Wildman–Crippen MR) is 66.0 cm³/mol. The van der Waals surface area contributed by atoms with E-state index in [2.05, 4.69) is 13.1 Å². The Balaban J connectivity index is 3.49. The van der Waals surface area contributed by atoms with Gasteiger partial charge in [0.2, 0.25) is 9.04 Å². The van der Waals surface area contributed by atoms with Gasteiger partial charge in [0.25, 0.3) is 0 Å². The van der Waals surface area contributed by atoms with Crippen LogP contribution in [-0.2, 0) is 23.4 Å². The Morgan fingerprint density at radius 3 is 2.59 bits per heavy atom. The summed E-state index contributed by atoms with van der Waals surface area (Å²) < 4.78 is 20.5. The van der Waals surface area contributed by atoms with Crippen molar-refractivity contribution in [3.05, 3.63) is 12.7 Å². The largest absolute Gasteiger partial charge is 0.463 e. The van der Waals surface area contributed by atoms with Gasteiger partial charge in [-0.1, -0.05) is 6.58 Å². The fourth-order valence-corrected chi connectivity index (χ4v) is 2.27. The molecular formula is C11H21O5Si. The van der Waals surface area contributed by atoms with Crippen LogP contribution in [0.3, 0.4) is 0 Å². The SMILES string of the molecule is C=CC(=O)OCCC[Si](C)OCC(OC)OC. The molecule has 0 aliphatic carbocycles. The lowest BCUT2D eigenvalue weighted by atomic mass is 10.5. The quantitative estimate of drug-likeness (QED) is 0.195. The summed E-state index contributed by atoms with van der Waals surface area (Å²) >= 11 is 0. The van der Waals surface area contributed by atoms with Gasteiger partial charge in [-0.05, 0) is 19.0 Å². The van der Waals surface area contributed by atoms with Crippen LogP contribution in [0, 0.1) is 0 Å². The molecule has 0 saturated carbocycles. The second-order valence-corrected chi connectivity index (χ2v) is 5.58. The van der Waals surface area contributed by atoms with Gasteiger partial charge in [-0.15, -0.1) is 0 Å². The molecule has 0 amide bonds. The molecule has 17 heavy (non-hydrogen) atoms. The Labute approximate surface area is 104 Å². The number of ether oxygens (including phenoxy) is 3. The molecule has 0 aliphatic rings. The first kappa shape index (κ1) is 16.3. The minimum Gasteiger partial charge on any atom is -0.463 e. The van der Waals surface area contributed by atoms with E-state index in [1.807, 2.05) is 0 Å². The normalized spacial score (nSPS) is 10.9. The van der Waals surface area contributed by atoms with Gasteiger partial charge in [-0.2, -0.15) is 0 Å². The number of methoxy groups -OCH3 is 2. The lowest BCUT2D eigenvalue weighted by Crippen LogP contribution is -2.25. The molecule has 1 radical (unpaired) electrons. The van der Waals surface area contributed by atoms with Crippen molar-refractivity contribution >= 4 is 15.0 Å². The van der Waals surface area contributed by atoms with Crippen molar-refractivity contribution in [2.45, 2.75) is 25.3 Å². The Hall–Kier alpha value is -0.693. The van der Waals surface area contributed by atoms with Crippen molar-refractivity contribution in [2.24, 2.45) is 0 Å². The van der Waals surface area contributed by atoms with Crippen molar-refractivity contribution < 1.29 is 23.4 Å². The fraction of sp³-hybridized carbons (Fsp3) is 0.727. The summed E-state index contributed by atoms with van der Waals surface area (Å²) in [6.07, 6.45) is 1.65. The van der Waals surface area contributed by atoms with E-state index < -0.39 is 9.04 Å². The van der Waals surface area contributed by atoms with Crippen LogP contribution in [0.2, 0.25) is 12.6 Å². The topological polar surface area (TPSA) is 54.0 Å². The second kappa shape index (κ2) is 10.5. The van der Waals surface area contributed by atoms with Gasteiger partial charge in [0.05, 0.1) is 13.2 Å². The van der Waals surface area contributed by atoms with Gasteiger partial charge >= 0.3 is 5.97 Å². The lowest BCUT2D eigenvalue weighted by molar-refractivity contribution is -0.137. The van der Waals surface area contributed by atoms with E-state index in [0.717, 1.165) is 18.5 Å². The van der Waals surface area contributed by atoms with Crippen LogP contribution < -0.4 is 0 Å². The molecule has 0 aromatic heterocycles. The molecule has 0 aromatic rings. The zero-order chi connectivity index (χ0) is 13.1. The van der Waals surface area contributed by atoms with Gasteiger partial charge in [-0.3, -0.25) is 0 Å². The lowest BCUT2D eigenvalue weighted by Gasteiger charge is -2.16. The zero-order valence-electron chi connectivity index (χ0n) is 10.7. The van der Waals surface area contributed by atoms with Crippen LogP contribution in [-0.4, -0.2) is 48.7 Å². The van der Waals surface area contributed by atoms with E-state index in [9.17, 15) is 4.79 Å². The number of esters is 1. The molecular weight excluding hydrogens is 240 g/mol. The number of hydrogen-bond donors (Lipinski definition) is 0. The zero-order valence-corrected chi connectivity index (χ0v) is 11.7. The average molecular weight is 261 g/mol. The van der Waals surface area contributed by atoms with Crippen LogP contribution in [0.4, 0.5) is 0 Å². The maximum absolute atomic E-state index is 10.8. The minimum atomic E-state index is -0.886. The van der Waals surface area contributed by atoms with Crippen molar-refractivity contribution in [1.29, 1.82) is 0 Å². The summed E-state index contributed by atoms with van der Waals surface area (Å²) in [5.41, 5.74) is 0. The number of rotatable bonds is 10. The Kier molecular flexibility index (Phi) is 10.0. The van der Waals surface area contributed by atoms with Gasteiger partial charge in [0.1, 0.15) is 0 Å². The molecule has 0 bridgehead atoms. The van der Waals surface area contributed by atoms with E-state index >= 15 is 0 Å². The molecule has 0 spiro atoms. The molecule has 0 heterocycles. The molecule has 0 aromatic carbocycles. The summed E-state index contributed by atoms with van der Waals surface area (Å²) in [6, 6.07) is 0.912. The first-order valence-electron chi connectivity index (χ1n) is 5.44. The third kappa shape index (κ3) is 9.05. The minimum absolute atomic E-state index is 0.312. The summed E-state index contributed by atoms with van der Waals surface area (Å²) in [5, 5.41) is 0.